The van der Waals surface area contributed by atoms with E-state index in [1.807, 2.05) is 19.1 Å². The van der Waals surface area contributed by atoms with Crippen LogP contribution in [0, 0.1) is 6.92 Å². The number of rotatable bonds is 7. The molecule has 23 heavy (non-hydrogen) atoms. The minimum absolute atomic E-state index is 0.207. The van der Waals surface area contributed by atoms with Crippen molar-refractivity contribution >= 4 is 11.7 Å². The molecule has 0 fully saturated rings. The van der Waals surface area contributed by atoms with Crippen molar-refractivity contribution < 1.29 is 18.7 Å². The molecule has 0 spiro atoms. The Morgan fingerprint density at radius 1 is 1.17 bits per heavy atom. The van der Waals surface area contributed by atoms with Crippen LogP contribution < -0.4 is 10.1 Å². The molecular formula is C17H22N2O4. The second-order valence-electron chi connectivity index (χ2n) is 5.09. The third-order valence-electron chi connectivity index (χ3n) is 3.34. The first-order chi connectivity index (χ1) is 11.1. The number of hydrogen-bond acceptors (Lipinski definition) is 4. The molecule has 124 valence electrons. The predicted octanol–water partition coefficient (Wildman–Crippen LogP) is 3.28. The van der Waals surface area contributed by atoms with Crippen LogP contribution in [-0.4, -0.2) is 38.3 Å². The molecule has 1 N–H and O–H groups in total. The van der Waals surface area contributed by atoms with Gasteiger partial charge in [-0.05, 0) is 43.3 Å². The lowest BCUT2D eigenvalue weighted by Gasteiger charge is -2.22. The Morgan fingerprint density at radius 2 is 1.91 bits per heavy atom. The van der Waals surface area contributed by atoms with Crippen LogP contribution in [0.5, 0.6) is 5.75 Å². The summed E-state index contributed by atoms with van der Waals surface area (Å²) in [4.78, 5) is 14.1. The zero-order chi connectivity index (χ0) is 16.7. The summed E-state index contributed by atoms with van der Waals surface area (Å²) in [6.45, 7) is 3.19. The van der Waals surface area contributed by atoms with Gasteiger partial charge in [-0.3, -0.25) is 0 Å². The Labute approximate surface area is 136 Å². The van der Waals surface area contributed by atoms with Gasteiger partial charge in [-0.2, -0.15) is 0 Å². The van der Waals surface area contributed by atoms with Crippen LogP contribution in [0.15, 0.2) is 40.8 Å². The van der Waals surface area contributed by atoms with Gasteiger partial charge in [0.25, 0.3) is 0 Å². The zero-order valence-electron chi connectivity index (χ0n) is 13.7. The Kier molecular flexibility index (Phi) is 6.05. The molecule has 0 saturated heterocycles. The van der Waals surface area contributed by atoms with Gasteiger partial charge in [-0.1, -0.05) is 0 Å². The van der Waals surface area contributed by atoms with Gasteiger partial charge >= 0.3 is 6.03 Å². The summed E-state index contributed by atoms with van der Waals surface area (Å²) in [6.07, 6.45) is 0. The lowest BCUT2D eigenvalue weighted by molar-refractivity contribution is 0.149. The van der Waals surface area contributed by atoms with Gasteiger partial charge in [0.05, 0.1) is 20.3 Å². The van der Waals surface area contributed by atoms with Crippen molar-refractivity contribution in [2.75, 3.05) is 32.7 Å². The smallest absolute Gasteiger partial charge is 0.322 e. The van der Waals surface area contributed by atoms with Gasteiger partial charge in [0.15, 0.2) is 0 Å². The van der Waals surface area contributed by atoms with Crippen LogP contribution in [0.3, 0.4) is 0 Å². The number of hydrogen-bond donors (Lipinski definition) is 1. The highest BCUT2D eigenvalue weighted by Crippen LogP contribution is 2.16. The molecule has 1 aromatic heterocycles. The number of amides is 2. The average Bonchev–Trinajstić information content (AvgIpc) is 2.97. The fourth-order valence-electron chi connectivity index (χ4n) is 2.09. The molecule has 0 radical (unpaired) electrons. The molecule has 2 aromatic rings. The molecule has 0 unspecified atom stereocenters. The van der Waals surface area contributed by atoms with E-state index in [-0.39, 0.29) is 6.03 Å². The second kappa shape index (κ2) is 8.24. The van der Waals surface area contributed by atoms with E-state index in [0.29, 0.717) is 25.4 Å². The maximum Gasteiger partial charge on any atom is 0.322 e. The molecule has 2 rings (SSSR count). The van der Waals surface area contributed by atoms with Gasteiger partial charge in [0, 0.05) is 19.3 Å². The fraction of sp³-hybridized carbons (Fsp3) is 0.353. The summed E-state index contributed by atoms with van der Waals surface area (Å²) < 4.78 is 15.7. The number of benzene rings is 1. The minimum Gasteiger partial charge on any atom is -0.497 e. The molecular weight excluding hydrogens is 296 g/mol. The Balaban J connectivity index is 2.02. The molecule has 6 heteroatoms. The zero-order valence-corrected chi connectivity index (χ0v) is 13.7. The van der Waals surface area contributed by atoms with E-state index in [0.717, 1.165) is 17.3 Å². The molecule has 2 amide bonds. The molecule has 0 atom stereocenters. The summed E-state index contributed by atoms with van der Waals surface area (Å²) >= 11 is 0. The van der Waals surface area contributed by atoms with Crippen molar-refractivity contribution in [3.05, 3.63) is 47.9 Å². The number of aryl methyl sites for hydroxylation is 1. The number of nitrogens with one attached hydrogen (secondary N) is 1. The summed E-state index contributed by atoms with van der Waals surface area (Å²) in [5.41, 5.74) is 0.703. The number of furan rings is 1. The lowest BCUT2D eigenvalue weighted by Crippen LogP contribution is -2.36. The highest BCUT2D eigenvalue weighted by atomic mass is 16.5. The van der Waals surface area contributed by atoms with Crippen molar-refractivity contribution in [2.24, 2.45) is 0 Å². The van der Waals surface area contributed by atoms with Crippen LogP contribution in [0.1, 0.15) is 11.5 Å². The Morgan fingerprint density at radius 3 is 2.48 bits per heavy atom. The Bertz CT molecular complexity index is 622. The number of nitrogens with zero attached hydrogens (tertiary/aromatic N) is 1. The van der Waals surface area contributed by atoms with E-state index in [2.05, 4.69) is 5.32 Å². The van der Waals surface area contributed by atoms with Crippen LogP contribution in [0.2, 0.25) is 0 Å². The summed E-state index contributed by atoms with van der Waals surface area (Å²) in [5, 5.41) is 2.86. The molecule has 0 aliphatic carbocycles. The van der Waals surface area contributed by atoms with Gasteiger partial charge in [-0.25, -0.2) is 4.79 Å². The maximum absolute atomic E-state index is 12.5. The molecule has 1 heterocycles. The van der Waals surface area contributed by atoms with Gasteiger partial charge < -0.3 is 24.1 Å². The predicted molar refractivity (Wildman–Crippen MR) is 87.7 cm³/mol. The van der Waals surface area contributed by atoms with E-state index in [4.69, 9.17) is 13.9 Å². The van der Waals surface area contributed by atoms with Crippen LogP contribution in [0.4, 0.5) is 10.5 Å². The van der Waals surface area contributed by atoms with Gasteiger partial charge in [-0.15, -0.1) is 0 Å². The van der Waals surface area contributed by atoms with E-state index < -0.39 is 0 Å². The van der Waals surface area contributed by atoms with Crippen molar-refractivity contribution in [1.82, 2.24) is 4.90 Å². The second-order valence-corrected chi connectivity index (χ2v) is 5.09. The van der Waals surface area contributed by atoms with E-state index >= 15 is 0 Å². The van der Waals surface area contributed by atoms with E-state index in [9.17, 15) is 4.79 Å². The van der Waals surface area contributed by atoms with E-state index in [1.54, 1.807) is 43.4 Å². The number of urea groups is 1. The largest absolute Gasteiger partial charge is 0.497 e. The third kappa shape index (κ3) is 5.03. The molecule has 1 aromatic carbocycles. The number of carbonyl (C=O) groups excluding carboxylic acids is 1. The number of anilines is 1. The van der Waals surface area contributed by atoms with Crippen LogP contribution in [0.25, 0.3) is 0 Å². The minimum atomic E-state index is -0.207. The highest BCUT2D eigenvalue weighted by Gasteiger charge is 2.15. The Hall–Kier alpha value is -2.47. The van der Waals surface area contributed by atoms with Crippen LogP contribution in [-0.2, 0) is 11.3 Å². The van der Waals surface area contributed by atoms with Crippen molar-refractivity contribution in [3.8, 4) is 5.75 Å². The third-order valence-corrected chi connectivity index (χ3v) is 3.34. The quantitative estimate of drug-likeness (QED) is 0.851. The molecule has 0 aliphatic heterocycles. The van der Waals surface area contributed by atoms with Crippen molar-refractivity contribution in [3.63, 3.8) is 0 Å². The molecule has 0 bridgehead atoms. The molecule has 0 saturated carbocycles. The maximum atomic E-state index is 12.5. The summed E-state index contributed by atoms with van der Waals surface area (Å²) in [5.74, 6) is 2.30. The summed E-state index contributed by atoms with van der Waals surface area (Å²) in [6, 6.07) is 10.7. The topological polar surface area (TPSA) is 63.9 Å². The number of ether oxygens (including phenoxy) is 2. The van der Waals surface area contributed by atoms with E-state index in [1.165, 1.54) is 0 Å². The average molecular weight is 318 g/mol. The first-order valence-electron chi connectivity index (χ1n) is 7.36. The van der Waals surface area contributed by atoms with Crippen molar-refractivity contribution in [2.45, 2.75) is 13.5 Å². The number of methoxy groups -OCH3 is 2. The van der Waals surface area contributed by atoms with Gasteiger partial charge in [0.2, 0.25) is 0 Å². The van der Waals surface area contributed by atoms with Gasteiger partial charge in [0.1, 0.15) is 17.3 Å². The number of carbonyl (C=O) groups is 1. The SMILES string of the molecule is COCCN(Cc1ccc(C)o1)C(=O)Nc1ccc(OC)cc1. The van der Waals surface area contributed by atoms with Crippen LogP contribution >= 0.6 is 0 Å². The summed E-state index contributed by atoms with van der Waals surface area (Å²) in [7, 11) is 3.21. The molecule has 0 aliphatic rings. The highest BCUT2D eigenvalue weighted by molar-refractivity contribution is 5.89. The fourth-order valence-corrected chi connectivity index (χ4v) is 2.09. The first kappa shape index (κ1) is 16.9. The standard InChI is InChI=1S/C17H22N2O4/c1-13-4-7-16(23-13)12-19(10-11-21-2)17(20)18-14-5-8-15(22-3)9-6-14/h4-9H,10-12H2,1-3H3,(H,18,20). The normalized spacial score (nSPS) is 10.4. The van der Waals surface area contributed by atoms with Crippen molar-refractivity contribution in [1.29, 1.82) is 0 Å². The molecule has 6 nitrogen and oxygen atoms in total. The first-order valence-corrected chi connectivity index (χ1v) is 7.36. The monoisotopic (exact) mass is 318 g/mol. The lowest BCUT2D eigenvalue weighted by atomic mass is 10.3.